The fourth-order valence-electron chi connectivity index (χ4n) is 3.59. The quantitative estimate of drug-likeness (QED) is 0.537. The molecule has 0 bridgehead atoms. The summed E-state index contributed by atoms with van der Waals surface area (Å²) < 4.78 is 5.65. The number of hydrogen-bond donors (Lipinski definition) is 2. The molecule has 1 aromatic carbocycles. The maximum absolute atomic E-state index is 5.65. The van der Waals surface area contributed by atoms with Crippen LogP contribution >= 0.6 is 11.3 Å². The zero-order valence-corrected chi connectivity index (χ0v) is 18.9. The third-order valence-corrected chi connectivity index (χ3v) is 6.53. The lowest BCUT2D eigenvalue weighted by Crippen LogP contribution is -2.43. The van der Waals surface area contributed by atoms with E-state index in [1.807, 2.05) is 7.05 Å². The predicted molar refractivity (Wildman–Crippen MR) is 123 cm³/mol. The van der Waals surface area contributed by atoms with Gasteiger partial charge in [0, 0.05) is 50.1 Å². The van der Waals surface area contributed by atoms with Crippen molar-refractivity contribution in [2.24, 2.45) is 4.99 Å². The highest BCUT2D eigenvalue weighted by Crippen LogP contribution is 2.26. The van der Waals surface area contributed by atoms with E-state index in [2.05, 4.69) is 83.1 Å². The summed E-state index contributed by atoms with van der Waals surface area (Å²) in [5.41, 5.74) is 2.69. The first-order chi connectivity index (χ1) is 14.0. The Balaban J connectivity index is 1.50. The summed E-state index contributed by atoms with van der Waals surface area (Å²) in [5.74, 6) is 0.835. The second-order valence-electron chi connectivity index (χ2n) is 8.38. The van der Waals surface area contributed by atoms with Gasteiger partial charge in [0.1, 0.15) is 0 Å². The molecule has 0 amide bonds. The summed E-state index contributed by atoms with van der Waals surface area (Å²) in [6, 6.07) is 13.1. The van der Waals surface area contributed by atoms with E-state index in [1.165, 1.54) is 16.0 Å². The van der Waals surface area contributed by atoms with Crippen LogP contribution < -0.4 is 10.6 Å². The average Bonchev–Trinajstić information content (AvgIpc) is 3.24. The van der Waals surface area contributed by atoms with Gasteiger partial charge in [-0.1, -0.05) is 44.2 Å². The first-order valence-corrected chi connectivity index (χ1v) is 11.2. The Morgan fingerprint density at radius 3 is 2.79 bits per heavy atom. The number of nitrogens with one attached hydrogen (secondary N) is 2. The summed E-state index contributed by atoms with van der Waals surface area (Å²) in [6.45, 7) is 12.1. The number of hydrogen-bond acceptors (Lipinski definition) is 4. The molecule has 3 rings (SSSR count). The molecule has 1 unspecified atom stereocenters. The van der Waals surface area contributed by atoms with Gasteiger partial charge in [0.05, 0.1) is 12.7 Å². The summed E-state index contributed by atoms with van der Waals surface area (Å²) in [6.07, 6.45) is 0.321. The first-order valence-electron chi connectivity index (χ1n) is 10.4. The van der Waals surface area contributed by atoms with Crippen LogP contribution in [-0.2, 0) is 23.2 Å². The first kappa shape index (κ1) is 21.8. The molecule has 1 aliphatic heterocycles. The Labute approximate surface area is 179 Å². The van der Waals surface area contributed by atoms with Crippen LogP contribution in [0.4, 0.5) is 0 Å². The molecule has 1 saturated heterocycles. The minimum Gasteiger partial charge on any atom is -0.376 e. The van der Waals surface area contributed by atoms with Crippen molar-refractivity contribution < 1.29 is 4.74 Å². The Morgan fingerprint density at radius 1 is 1.24 bits per heavy atom. The number of guanidine groups is 1. The molecule has 158 valence electrons. The van der Waals surface area contributed by atoms with Crippen LogP contribution in [0.25, 0.3) is 0 Å². The summed E-state index contributed by atoms with van der Waals surface area (Å²) >= 11 is 1.80. The van der Waals surface area contributed by atoms with E-state index in [4.69, 9.17) is 4.74 Å². The van der Waals surface area contributed by atoms with Crippen LogP contribution in [0.5, 0.6) is 0 Å². The average molecular weight is 415 g/mol. The van der Waals surface area contributed by atoms with Crippen LogP contribution in [0.2, 0.25) is 0 Å². The molecule has 5 nitrogen and oxygen atoms in total. The summed E-state index contributed by atoms with van der Waals surface area (Å²) in [7, 11) is 1.82. The van der Waals surface area contributed by atoms with E-state index in [9.17, 15) is 0 Å². The lowest BCUT2D eigenvalue weighted by atomic mass is 9.91. The van der Waals surface area contributed by atoms with Gasteiger partial charge in [0.2, 0.25) is 0 Å². The van der Waals surface area contributed by atoms with Gasteiger partial charge in [0.15, 0.2) is 5.96 Å². The maximum atomic E-state index is 5.65. The summed E-state index contributed by atoms with van der Waals surface area (Å²) in [5, 5.41) is 9.06. The molecule has 0 aliphatic carbocycles. The minimum atomic E-state index is 0.0704. The number of rotatable bonds is 7. The van der Waals surface area contributed by atoms with Gasteiger partial charge < -0.3 is 15.4 Å². The Hall–Kier alpha value is -1.89. The minimum absolute atomic E-state index is 0.0704. The van der Waals surface area contributed by atoms with Crippen molar-refractivity contribution in [2.75, 3.05) is 33.3 Å². The van der Waals surface area contributed by atoms with Crippen molar-refractivity contribution >= 4 is 17.3 Å². The molecule has 6 heteroatoms. The largest absolute Gasteiger partial charge is 0.376 e. The van der Waals surface area contributed by atoms with Crippen molar-refractivity contribution in [2.45, 2.75) is 45.4 Å². The van der Waals surface area contributed by atoms with Crippen molar-refractivity contribution in [1.82, 2.24) is 15.5 Å². The molecule has 2 heterocycles. The van der Waals surface area contributed by atoms with Crippen LogP contribution in [0.15, 0.2) is 46.8 Å². The topological polar surface area (TPSA) is 48.9 Å². The number of ether oxygens (including phenoxy) is 1. The van der Waals surface area contributed by atoms with E-state index in [0.29, 0.717) is 6.10 Å². The van der Waals surface area contributed by atoms with E-state index in [-0.39, 0.29) is 5.41 Å². The van der Waals surface area contributed by atoms with Crippen molar-refractivity contribution in [3.05, 3.63) is 57.8 Å². The van der Waals surface area contributed by atoms with Gasteiger partial charge in [0.25, 0.3) is 0 Å². The zero-order chi connectivity index (χ0) is 20.7. The highest BCUT2D eigenvalue weighted by Gasteiger charge is 2.22. The van der Waals surface area contributed by atoms with Crippen LogP contribution in [0, 0.1) is 0 Å². The number of morpholine rings is 1. The van der Waals surface area contributed by atoms with E-state index < -0.39 is 0 Å². The molecule has 1 fully saturated rings. The van der Waals surface area contributed by atoms with Gasteiger partial charge in [-0.05, 0) is 29.5 Å². The number of aliphatic imine (C=N–C) groups is 1. The van der Waals surface area contributed by atoms with Crippen LogP contribution in [0.1, 0.15) is 36.8 Å². The molecule has 0 saturated carbocycles. The van der Waals surface area contributed by atoms with E-state index in [1.54, 1.807) is 11.3 Å². The fourth-order valence-corrected chi connectivity index (χ4v) is 4.44. The second kappa shape index (κ2) is 10.2. The lowest BCUT2D eigenvalue weighted by molar-refractivity contribution is -0.0212. The molecule has 0 spiro atoms. The Bertz CT molecular complexity index is 788. The maximum Gasteiger partial charge on any atom is 0.191 e. The molecular weight excluding hydrogens is 380 g/mol. The van der Waals surface area contributed by atoms with Gasteiger partial charge in [-0.15, -0.1) is 11.3 Å². The van der Waals surface area contributed by atoms with Crippen LogP contribution in [-0.4, -0.2) is 50.3 Å². The molecular formula is C23H34N4OS. The third-order valence-electron chi connectivity index (χ3n) is 5.29. The second-order valence-corrected chi connectivity index (χ2v) is 9.32. The Morgan fingerprint density at radius 2 is 2.07 bits per heavy atom. The molecule has 2 aromatic rings. The monoisotopic (exact) mass is 414 g/mol. The molecule has 29 heavy (non-hydrogen) atoms. The van der Waals surface area contributed by atoms with Gasteiger partial charge in [-0.25, -0.2) is 0 Å². The zero-order valence-electron chi connectivity index (χ0n) is 18.1. The number of nitrogens with zero attached hydrogens (tertiary/aromatic N) is 2. The van der Waals surface area contributed by atoms with E-state index >= 15 is 0 Å². The molecule has 2 N–H and O–H groups in total. The van der Waals surface area contributed by atoms with Crippen molar-refractivity contribution in [3.8, 4) is 0 Å². The number of benzene rings is 1. The highest BCUT2D eigenvalue weighted by atomic mass is 32.1. The van der Waals surface area contributed by atoms with Crippen molar-refractivity contribution in [1.29, 1.82) is 0 Å². The lowest BCUT2D eigenvalue weighted by Gasteiger charge is -2.31. The predicted octanol–water partition coefficient (Wildman–Crippen LogP) is 3.61. The third kappa shape index (κ3) is 6.56. The normalized spacial score (nSPS) is 18.6. The molecule has 1 aromatic heterocycles. The Kier molecular flexibility index (Phi) is 7.70. The smallest absolute Gasteiger partial charge is 0.191 e. The van der Waals surface area contributed by atoms with Crippen molar-refractivity contribution in [3.63, 3.8) is 0 Å². The standard InChI is InChI=1S/C23H34N4OS/c1-18-15-27(10-11-28-18)16-20-8-5-7-19(13-20)14-25-22(24-4)26-17-23(2,3)21-9-6-12-29-21/h5-9,12-13,18H,10-11,14-17H2,1-4H3,(H2,24,25,26). The highest BCUT2D eigenvalue weighted by molar-refractivity contribution is 7.10. The van der Waals surface area contributed by atoms with Crippen LogP contribution in [0.3, 0.4) is 0 Å². The van der Waals surface area contributed by atoms with Gasteiger partial charge >= 0.3 is 0 Å². The van der Waals surface area contributed by atoms with Gasteiger partial charge in [-0.3, -0.25) is 9.89 Å². The van der Waals surface area contributed by atoms with Gasteiger partial charge in [-0.2, -0.15) is 0 Å². The molecule has 1 atom stereocenters. The SMILES string of the molecule is CN=C(NCc1cccc(CN2CCOC(C)C2)c1)NCC(C)(C)c1cccs1. The number of thiophene rings is 1. The molecule has 0 radical (unpaired) electrons. The summed E-state index contributed by atoms with van der Waals surface area (Å²) in [4.78, 5) is 8.23. The van der Waals surface area contributed by atoms with E-state index in [0.717, 1.165) is 45.3 Å². The molecule has 1 aliphatic rings. The fraction of sp³-hybridized carbons (Fsp3) is 0.522.